The van der Waals surface area contributed by atoms with Crippen molar-refractivity contribution >= 4 is 35.0 Å². The number of allylic oxidation sites excluding steroid dienone is 1. The number of esters is 1. The number of fused-ring (bicyclic) bond motifs is 1. The van der Waals surface area contributed by atoms with Crippen molar-refractivity contribution in [2.75, 3.05) is 13.7 Å². The first-order chi connectivity index (χ1) is 19.3. The summed E-state index contributed by atoms with van der Waals surface area (Å²) in [6, 6.07) is 16.0. The molecule has 0 radical (unpaired) electrons. The summed E-state index contributed by atoms with van der Waals surface area (Å²) < 4.78 is 19.0. The maximum absolute atomic E-state index is 13.9. The van der Waals surface area contributed by atoms with Gasteiger partial charge in [0.05, 0.1) is 35.6 Å². The number of rotatable bonds is 8. The molecular formula is C31H29ClN2O5S. The Morgan fingerprint density at radius 1 is 1.18 bits per heavy atom. The first kappa shape index (κ1) is 27.7. The molecule has 9 heteroatoms. The summed E-state index contributed by atoms with van der Waals surface area (Å²) in [7, 11) is 1.58. The van der Waals surface area contributed by atoms with Gasteiger partial charge in [-0.1, -0.05) is 54.5 Å². The zero-order valence-corrected chi connectivity index (χ0v) is 24.3. The topological polar surface area (TPSA) is 83.0 Å². The van der Waals surface area contributed by atoms with Gasteiger partial charge in [0.25, 0.3) is 5.56 Å². The number of nitrogens with zero attached hydrogens (tertiary/aromatic N) is 2. The van der Waals surface area contributed by atoms with Crippen LogP contribution >= 0.6 is 22.9 Å². The number of ether oxygens (including phenoxy) is 2. The molecule has 1 atom stereocenters. The monoisotopic (exact) mass is 576 g/mol. The third-order valence-corrected chi connectivity index (χ3v) is 7.88. The number of carbonyl (C=O) groups excluding carboxylic acids is 1. The average Bonchev–Trinajstić information content (AvgIpc) is 3.53. The summed E-state index contributed by atoms with van der Waals surface area (Å²) in [5.41, 5.74) is 3.36. The quantitative estimate of drug-likeness (QED) is 0.247. The van der Waals surface area contributed by atoms with Gasteiger partial charge < -0.3 is 13.9 Å². The van der Waals surface area contributed by atoms with Crippen molar-refractivity contribution < 1.29 is 18.7 Å². The molecule has 0 spiro atoms. The van der Waals surface area contributed by atoms with Crippen molar-refractivity contribution in [3.63, 3.8) is 0 Å². The first-order valence-electron chi connectivity index (χ1n) is 13.1. The number of aryl methyl sites for hydroxylation is 1. The van der Waals surface area contributed by atoms with Crippen LogP contribution in [0.25, 0.3) is 17.4 Å². The minimum Gasteiger partial charge on any atom is -0.497 e. The second-order valence-electron chi connectivity index (χ2n) is 9.35. The van der Waals surface area contributed by atoms with E-state index in [1.807, 2.05) is 68.4 Å². The second kappa shape index (κ2) is 11.7. The molecular weight excluding hydrogens is 548 g/mol. The molecule has 0 amide bonds. The van der Waals surface area contributed by atoms with Gasteiger partial charge in [0.15, 0.2) is 4.80 Å². The van der Waals surface area contributed by atoms with E-state index in [2.05, 4.69) is 0 Å². The lowest BCUT2D eigenvalue weighted by atomic mass is 9.94. The van der Waals surface area contributed by atoms with Crippen LogP contribution < -0.4 is 19.6 Å². The third kappa shape index (κ3) is 5.29. The number of thiazole rings is 1. The van der Waals surface area contributed by atoms with E-state index in [9.17, 15) is 9.59 Å². The molecule has 0 aliphatic carbocycles. The summed E-state index contributed by atoms with van der Waals surface area (Å²) in [5, 5.41) is 0.615. The van der Waals surface area contributed by atoms with Gasteiger partial charge in [-0.25, -0.2) is 9.79 Å². The molecule has 2 aromatic carbocycles. The zero-order chi connectivity index (χ0) is 28.4. The number of carbonyl (C=O) groups is 1. The van der Waals surface area contributed by atoms with E-state index >= 15 is 0 Å². The minimum atomic E-state index is -0.713. The summed E-state index contributed by atoms with van der Waals surface area (Å²) in [5.74, 6) is 1.32. The highest BCUT2D eigenvalue weighted by atomic mass is 35.5. The van der Waals surface area contributed by atoms with Crippen LogP contribution in [0.4, 0.5) is 0 Å². The number of aromatic nitrogens is 1. The maximum Gasteiger partial charge on any atom is 0.338 e. The number of halogens is 1. The predicted octanol–water partition coefficient (Wildman–Crippen LogP) is 5.81. The Morgan fingerprint density at radius 3 is 2.75 bits per heavy atom. The fourth-order valence-electron chi connectivity index (χ4n) is 4.81. The third-order valence-electron chi connectivity index (χ3n) is 6.67. The average molecular weight is 577 g/mol. The maximum atomic E-state index is 13.9. The van der Waals surface area contributed by atoms with Gasteiger partial charge in [0, 0.05) is 16.7 Å². The fourth-order valence-corrected chi connectivity index (χ4v) is 5.98. The van der Waals surface area contributed by atoms with Crippen LogP contribution in [0.15, 0.2) is 80.1 Å². The molecule has 2 aromatic heterocycles. The van der Waals surface area contributed by atoms with Crippen molar-refractivity contribution in [2.45, 2.75) is 39.7 Å². The Kier molecular flexibility index (Phi) is 8.09. The van der Waals surface area contributed by atoms with E-state index in [0.717, 1.165) is 23.1 Å². The molecule has 206 valence electrons. The smallest absolute Gasteiger partial charge is 0.338 e. The molecule has 0 bridgehead atoms. The van der Waals surface area contributed by atoms with Crippen molar-refractivity contribution in [3.05, 3.63) is 107 Å². The lowest BCUT2D eigenvalue weighted by molar-refractivity contribution is -0.139. The van der Waals surface area contributed by atoms with E-state index < -0.39 is 12.0 Å². The Labute approximate surface area is 240 Å². The van der Waals surface area contributed by atoms with E-state index in [-0.39, 0.29) is 12.2 Å². The number of methoxy groups -OCH3 is 1. The van der Waals surface area contributed by atoms with Gasteiger partial charge in [-0.3, -0.25) is 9.36 Å². The van der Waals surface area contributed by atoms with Gasteiger partial charge >= 0.3 is 5.97 Å². The van der Waals surface area contributed by atoms with E-state index in [1.165, 1.54) is 11.3 Å². The Bertz CT molecular complexity index is 1800. The molecule has 1 aliphatic rings. The summed E-state index contributed by atoms with van der Waals surface area (Å²) in [6.45, 7) is 5.98. The molecule has 5 rings (SSSR count). The summed E-state index contributed by atoms with van der Waals surface area (Å²) in [6.07, 6.45) is 3.06. The Hall–Kier alpha value is -3.88. The molecule has 0 fully saturated rings. The molecule has 1 aliphatic heterocycles. The summed E-state index contributed by atoms with van der Waals surface area (Å²) >= 11 is 7.47. The molecule has 40 heavy (non-hydrogen) atoms. The summed E-state index contributed by atoms with van der Waals surface area (Å²) in [4.78, 5) is 32.6. The molecule has 1 unspecified atom stereocenters. The van der Waals surface area contributed by atoms with E-state index in [4.69, 9.17) is 30.5 Å². The van der Waals surface area contributed by atoms with Gasteiger partial charge in [0.1, 0.15) is 17.3 Å². The van der Waals surface area contributed by atoms with Gasteiger partial charge in [-0.2, -0.15) is 0 Å². The highest BCUT2D eigenvalue weighted by molar-refractivity contribution is 7.07. The Morgan fingerprint density at radius 2 is 2.00 bits per heavy atom. The van der Waals surface area contributed by atoms with Crippen molar-refractivity contribution in [3.8, 4) is 17.1 Å². The van der Waals surface area contributed by atoms with Crippen LogP contribution in [0.3, 0.4) is 0 Å². The van der Waals surface area contributed by atoms with Crippen LogP contribution in [-0.4, -0.2) is 24.3 Å². The molecule has 3 heterocycles. The SMILES string of the molecule is CCCC1=C(C(=O)OCC)C(c2cccc(OC)c2)n2c(s/c(=C\c3ccc(-c4cc(Cl)ccc4C)o3)c2=O)=N1. The van der Waals surface area contributed by atoms with E-state index in [0.29, 0.717) is 49.3 Å². The van der Waals surface area contributed by atoms with Crippen LogP contribution in [0.5, 0.6) is 5.75 Å². The molecule has 7 nitrogen and oxygen atoms in total. The lowest BCUT2D eigenvalue weighted by Gasteiger charge is -2.26. The van der Waals surface area contributed by atoms with Crippen molar-refractivity contribution in [1.82, 2.24) is 4.57 Å². The van der Waals surface area contributed by atoms with Gasteiger partial charge in [0.2, 0.25) is 0 Å². The van der Waals surface area contributed by atoms with Crippen LogP contribution in [0, 0.1) is 6.92 Å². The predicted molar refractivity (Wildman–Crippen MR) is 157 cm³/mol. The highest BCUT2D eigenvalue weighted by Crippen LogP contribution is 2.34. The molecule has 0 saturated heterocycles. The normalized spacial score (nSPS) is 15.1. The van der Waals surface area contributed by atoms with Crippen LogP contribution in [-0.2, 0) is 9.53 Å². The standard InChI is InChI=1S/C31H29ClN2O5S/c1-5-8-24-27(30(36)38-6-2)28(19-9-7-10-21(15-19)37-4)34-29(35)26(40-31(34)33-24)17-22-13-14-25(39-22)23-16-20(32)12-11-18(23)3/h7,9-17,28H,5-6,8H2,1-4H3/b26-17-. The fraction of sp³-hybridized carbons (Fsp3) is 0.258. The van der Waals surface area contributed by atoms with Gasteiger partial charge in [-0.05, 0) is 67.8 Å². The van der Waals surface area contributed by atoms with Crippen LogP contribution in [0.2, 0.25) is 5.02 Å². The van der Waals surface area contributed by atoms with E-state index in [1.54, 1.807) is 24.7 Å². The minimum absolute atomic E-state index is 0.212. The molecule has 0 saturated carbocycles. The largest absolute Gasteiger partial charge is 0.497 e. The van der Waals surface area contributed by atoms with Crippen molar-refractivity contribution in [2.24, 2.45) is 4.99 Å². The first-order valence-corrected chi connectivity index (χ1v) is 14.3. The number of benzene rings is 2. The zero-order valence-electron chi connectivity index (χ0n) is 22.7. The van der Waals surface area contributed by atoms with Gasteiger partial charge in [-0.15, -0.1) is 0 Å². The Balaban J connectivity index is 1.68. The van der Waals surface area contributed by atoms with Crippen LogP contribution in [0.1, 0.15) is 49.6 Å². The second-order valence-corrected chi connectivity index (χ2v) is 10.8. The van der Waals surface area contributed by atoms with Crippen molar-refractivity contribution in [1.29, 1.82) is 0 Å². The highest BCUT2D eigenvalue weighted by Gasteiger charge is 2.34. The molecule has 4 aromatic rings. The molecule has 0 N–H and O–H groups in total. The number of furan rings is 1. The number of hydrogen-bond acceptors (Lipinski definition) is 7. The number of hydrogen-bond donors (Lipinski definition) is 0. The lowest BCUT2D eigenvalue weighted by Crippen LogP contribution is -2.40.